The summed E-state index contributed by atoms with van der Waals surface area (Å²) in [5, 5.41) is 3.31. The predicted molar refractivity (Wildman–Crippen MR) is 126 cm³/mol. The number of carbonyl (C=O) groups excluding carboxylic acids is 3. The van der Waals surface area contributed by atoms with E-state index in [9.17, 15) is 14.4 Å². The SMILES string of the molecule is O=C(C[C@@H]1C(=O)N(c2ccccc2)C(=O)N1Cc1ccc2c(c1)OCO2)Nc1ccc(Cl)cc1. The van der Waals surface area contributed by atoms with Crippen molar-refractivity contribution in [1.29, 1.82) is 0 Å². The molecule has 5 rings (SSSR count). The lowest BCUT2D eigenvalue weighted by Crippen LogP contribution is -2.37. The van der Waals surface area contributed by atoms with Crippen LogP contribution in [-0.2, 0) is 16.1 Å². The maximum atomic E-state index is 13.4. The Kier molecular flexibility index (Phi) is 5.81. The summed E-state index contributed by atoms with van der Waals surface area (Å²) >= 11 is 5.90. The van der Waals surface area contributed by atoms with E-state index in [0.29, 0.717) is 27.9 Å². The van der Waals surface area contributed by atoms with Gasteiger partial charge in [-0.2, -0.15) is 0 Å². The van der Waals surface area contributed by atoms with E-state index in [1.165, 1.54) is 4.90 Å². The van der Waals surface area contributed by atoms with Crippen LogP contribution in [0, 0.1) is 0 Å². The number of urea groups is 1. The molecule has 1 atom stereocenters. The summed E-state index contributed by atoms with van der Waals surface area (Å²) in [4.78, 5) is 42.1. The number of amides is 4. The van der Waals surface area contributed by atoms with Gasteiger partial charge in [0.25, 0.3) is 5.91 Å². The fourth-order valence-corrected chi connectivity index (χ4v) is 4.11. The zero-order valence-electron chi connectivity index (χ0n) is 17.9. The maximum Gasteiger partial charge on any atom is 0.332 e. The fourth-order valence-electron chi connectivity index (χ4n) is 3.99. The van der Waals surface area contributed by atoms with Crippen molar-refractivity contribution < 1.29 is 23.9 Å². The highest BCUT2D eigenvalue weighted by Gasteiger charge is 2.46. The Hall–Kier alpha value is -4.04. The summed E-state index contributed by atoms with van der Waals surface area (Å²) in [7, 11) is 0. The Balaban J connectivity index is 1.40. The number of benzene rings is 3. The van der Waals surface area contributed by atoms with E-state index in [4.69, 9.17) is 21.1 Å². The number of ether oxygens (including phenoxy) is 2. The van der Waals surface area contributed by atoms with Crippen LogP contribution in [0.5, 0.6) is 11.5 Å². The van der Waals surface area contributed by atoms with E-state index < -0.39 is 18.0 Å². The Morgan fingerprint density at radius 2 is 1.71 bits per heavy atom. The standard InChI is InChI=1S/C25H20ClN3O5/c26-17-7-9-18(10-8-17)27-23(30)13-20-24(31)29(19-4-2-1-3-5-19)25(32)28(20)14-16-6-11-21-22(12-16)34-15-33-21/h1-12,20H,13-15H2,(H,27,30)/t20-/m1/s1. The van der Waals surface area contributed by atoms with Gasteiger partial charge in [-0.05, 0) is 54.1 Å². The molecule has 1 saturated heterocycles. The van der Waals surface area contributed by atoms with Crippen molar-refractivity contribution in [2.24, 2.45) is 0 Å². The highest BCUT2D eigenvalue weighted by atomic mass is 35.5. The molecule has 0 spiro atoms. The van der Waals surface area contributed by atoms with Gasteiger partial charge in [-0.15, -0.1) is 0 Å². The van der Waals surface area contributed by atoms with E-state index in [0.717, 1.165) is 10.5 Å². The van der Waals surface area contributed by atoms with Crippen molar-refractivity contribution in [3.05, 3.63) is 83.4 Å². The van der Waals surface area contributed by atoms with Crippen LogP contribution in [0.15, 0.2) is 72.8 Å². The number of para-hydroxylation sites is 1. The molecule has 3 aromatic rings. The first-order valence-electron chi connectivity index (χ1n) is 10.6. The highest BCUT2D eigenvalue weighted by molar-refractivity contribution is 6.30. The molecule has 0 bridgehead atoms. The van der Waals surface area contributed by atoms with Crippen LogP contribution < -0.4 is 19.7 Å². The van der Waals surface area contributed by atoms with Crippen LogP contribution in [0.3, 0.4) is 0 Å². The van der Waals surface area contributed by atoms with E-state index >= 15 is 0 Å². The number of nitrogens with zero attached hydrogens (tertiary/aromatic N) is 2. The second kappa shape index (κ2) is 9.07. The van der Waals surface area contributed by atoms with Crippen molar-refractivity contribution in [3.63, 3.8) is 0 Å². The molecule has 2 aliphatic rings. The zero-order chi connectivity index (χ0) is 23.7. The van der Waals surface area contributed by atoms with Crippen LogP contribution in [-0.4, -0.2) is 35.6 Å². The smallest absolute Gasteiger partial charge is 0.332 e. The fraction of sp³-hybridized carbons (Fsp3) is 0.160. The molecule has 0 unspecified atom stereocenters. The molecule has 1 N–H and O–H groups in total. The number of hydrogen-bond donors (Lipinski definition) is 1. The molecule has 8 nitrogen and oxygen atoms in total. The van der Waals surface area contributed by atoms with Gasteiger partial charge in [-0.1, -0.05) is 35.9 Å². The molecule has 3 aromatic carbocycles. The lowest BCUT2D eigenvalue weighted by molar-refractivity contribution is -0.124. The average Bonchev–Trinajstić information content (AvgIpc) is 3.39. The van der Waals surface area contributed by atoms with Crippen molar-refractivity contribution in [3.8, 4) is 11.5 Å². The zero-order valence-corrected chi connectivity index (χ0v) is 18.7. The Morgan fingerprint density at radius 3 is 2.47 bits per heavy atom. The van der Waals surface area contributed by atoms with E-state index in [2.05, 4.69) is 5.32 Å². The number of anilines is 2. The summed E-state index contributed by atoms with van der Waals surface area (Å²) in [6, 6.07) is 19.2. The third kappa shape index (κ3) is 4.27. The van der Waals surface area contributed by atoms with Gasteiger partial charge in [-0.3, -0.25) is 9.59 Å². The minimum atomic E-state index is -0.967. The van der Waals surface area contributed by atoms with Crippen LogP contribution in [0.2, 0.25) is 5.02 Å². The van der Waals surface area contributed by atoms with Crippen molar-refractivity contribution in [2.45, 2.75) is 19.0 Å². The molecule has 4 amide bonds. The van der Waals surface area contributed by atoms with Crippen LogP contribution in [0.25, 0.3) is 0 Å². The molecule has 0 aliphatic carbocycles. The summed E-state index contributed by atoms with van der Waals surface area (Å²) in [6.45, 7) is 0.263. The van der Waals surface area contributed by atoms with Gasteiger partial charge < -0.3 is 19.7 Å². The number of rotatable bonds is 6. The molecule has 0 saturated carbocycles. The average molecular weight is 478 g/mol. The van der Waals surface area contributed by atoms with Gasteiger partial charge in [0.2, 0.25) is 12.7 Å². The highest BCUT2D eigenvalue weighted by Crippen LogP contribution is 2.34. The van der Waals surface area contributed by atoms with Gasteiger partial charge in [0.05, 0.1) is 12.1 Å². The molecule has 2 aliphatic heterocycles. The maximum absolute atomic E-state index is 13.4. The van der Waals surface area contributed by atoms with Gasteiger partial charge in [0.15, 0.2) is 11.5 Å². The van der Waals surface area contributed by atoms with Crippen LogP contribution >= 0.6 is 11.6 Å². The number of nitrogens with one attached hydrogen (secondary N) is 1. The molecule has 34 heavy (non-hydrogen) atoms. The molecule has 0 radical (unpaired) electrons. The first kappa shape index (κ1) is 21.8. The van der Waals surface area contributed by atoms with Crippen molar-refractivity contribution in [2.75, 3.05) is 17.0 Å². The van der Waals surface area contributed by atoms with E-state index in [1.807, 2.05) is 0 Å². The summed E-state index contributed by atoms with van der Waals surface area (Å²) in [5.41, 5.74) is 1.76. The van der Waals surface area contributed by atoms with Crippen molar-refractivity contribution in [1.82, 2.24) is 4.90 Å². The van der Waals surface area contributed by atoms with Crippen molar-refractivity contribution >= 4 is 40.8 Å². The topological polar surface area (TPSA) is 88.2 Å². The third-order valence-electron chi connectivity index (χ3n) is 5.63. The summed E-state index contributed by atoms with van der Waals surface area (Å²) < 4.78 is 10.8. The first-order valence-corrected chi connectivity index (χ1v) is 11.0. The Bertz CT molecular complexity index is 1250. The predicted octanol–water partition coefficient (Wildman–Crippen LogP) is 4.43. The van der Waals surface area contributed by atoms with E-state index in [1.54, 1.807) is 72.8 Å². The van der Waals surface area contributed by atoms with E-state index in [-0.39, 0.29) is 25.7 Å². The summed E-state index contributed by atoms with van der Waals surface area (Å²) in [6.07, 6.45) is -0.193. The Labute approximate surface area is 200 Å². The number of halogens is 1. The molecule has 0 aromatic heterocycles. The number of fused-ring (bicyclic) bond motifs is 1. The minimum Gasteiger partial charge on any atom is -0.454 e. The molecule has 1 fully saturated rings. The first-order chi connectivity index (χ1) is 16.5. The molecule has 9 heteroatoms. The Morgan fingerprint density at radius 1 is 0.971 bits per heavy atom. The summed E-state index contributed by atoms with van der Waals surface area (Å²) in [5.74, 6) is 0.354. The third-order valence-corrected chi connectivity index (χ3v) is 5.88. The largest absolute Gasteiger partial charge is 0.454 e. The molecular formula is C25H20ClN3O5. The van der Waals surface area contributed by atoms with Crippen LogP contribution in [0.4, 0.5) is 16.2 Å². The quantitative estimate of drug-likeness (QED) is 0.530. The number of hydrogen-bond acceptors (Lipinski definition) is 5. The number of carbonyl (C=O) groups is 3. The molecule has 2 heterocycles. The lowest BCUT2D eigenvalue weighted by Gasteiger charge is -2.22. The second-order valence-electron chi connectivity index (χ2n) is 7.88. The second-order valence-corrected chi connectivity index (χ2v) is 8.32. The van der Waals surface area contributed by atoms with Crippen LogP contribution in [0.1, 0.15) is 12.0 Å². The van der Waals surface area contributed by atoms with Gasteiger partial charge in [0, 0.05) is 17.3 Å². The lowest BCUT2D eigenvalue weighted by atomic mass is 10.1. The van der Waals surface area contributed by atoms with Gasteiger partial charge in [0.1, 0.15) is 6.04 Å². The monoisotopic (exact) mass is 477 g/mol. The minimum absolute atomic E-state index is 0.128. The van der Waals surface area contributed by atoms with Gasteiger partial charge >= 0.3 is 6.03 Å². The van der Waals surface area contributed by atoms with Gasteiger partial charge in [-0.25, -0.2) is 9.69 Å². The molecule has 172 valence electrons. The molecular weight excluding hydrogens is 458 g/mol. The normalized spacial score (nSPS) is 16.8. The number of imide groups is 1.